The predicted octanol–water partition coefficient (Wildman–Crippen LogP) is 2.40. The topological polar surface area (TPSA) is 147 Å². The Morgan fingerprint density at radius 3 is 2.62 bits per heavy atom. The van der Waals surface area contributed by atoms with Crippen LogP contribution in [0.3, 0.4) is 0 Å². The molecule has 0 saturated heterocycles. The molecule has 8 nitrogen and oxygen atoms in total. The number of benzene rings is 1. The molecule has 9 heteroatoms. The molecule has 2 aromatic heterocycles. The molecule has 0 aliphatic heterocycles. The predicted molar refractivity (Wildman–Crippen MR) is 111 cm³/mol. The Labute approximate surface area is 167 Å². The van der Waals surface area contributed by atoms with Crippen molar-refractivity contribution in [2.75, 3.05) is 12.4 Å². The van der Waals surface area contributed by atoms with Crippen molar-refractivity contribution >= 4 is 28.5 Å². The number of rotatable bonds is 4. The third kappa shape index (κ3) is 4.40. The van der Waals surface area contributed by atoms with E-state index < -0.39 is 11.7 Å². The van der Waals surface area contributed by atoms with Gasteiger partial charge in [0, 0.05) is 30.5 Å². The zero-order valence-corrected chi connectivity index (χ0v) is 16.3. The molecule has 1 aliphatic rings. The molecule has 29 heavy (non-hydrogen) atoms. The number of fused-ring (bicyclic) bond motifs is 1. The number of aromatic amines is 1. The van der Waals surface area contributed by atoms with Gasteiger partial charge in [0.05, 0.1) is 17.5 Å². The van der Waals surface area contributed by atoms with Crippen LogP contribution < -0.4 is 16.8 Å². The molecular formula is C20H24FN7O. The van der Waals surface area contributed by atoms with Crippen LogP contribution in [-0.2, 0) is 0 Å². The van der Waals surface area contributed by atoms with Gasteiger partial charge < -0.3 is 21.8 Å². The van der Waals surface area contributed by atoms with E-state index >= 15 is 0 Å². The summed E-state index contributed by atoms with van der Waals surface area (Å²) < 4.78 is 13.3. The van der Waals surface area contributed by atoms with Gasteiger partial charge in [-0.2, -0.15) is 0 Å². The number of hydrogen-bond donors (Lipinski definition) is 5. The highest BCUT2D eigenvalue weighted by molar-refractivity contribution is 6.13. The molecule has 7 N–H and O–H groups in total. The number of primary amides is 1. The lowest BCUT2D eigenvalue weighted by molar-refractivity contribution is 0.100. The van der Waals surface area contributed by atoms with Crippen LogP contribution in [0.5, 0.6) is 0 Å². The summed E-state index contributed by atoms with van der Waals surface area (Å²) in [5, 5.41) is 11.1. The molecule has 0 spiro atoms. The number of carbonyl (C=O) groups excluding carboxylic acids is 1. The van der Waals surface area contributed by atoms with Crippen molar-refractivity contribution in [3.63, 3.8) is 0 Å². The third-order valence-corrected chi connectivity index (χ3v) is 4.83. The molecule has 152 valence electrons. The molecule has 1 aliphatic carbocycles. The van der Waals surface area contributed by atoms with Crippen LogP contribution >= 0.6 is 0 Å². The second-order valence-corrected chi connectivity index (χ2v) is 7.17. The van der Waals surface area contributed by atoms with Crippen LogP contribution in [-0.4, -0.2) is 39.7 Å². The summed E-state index contributed by atoms with van der Waals surface area (Å²) in [5.41, 5.74) is 12.9. The van der Waals surface area contributed by atoms with Gasteiger partial charge >= 0.3 is 0 Å². The van der Waals surface area contributed by atoms with Crippen LogP contribution in [0.1, 0.15) is 41.4 Å². The highest BCUT2D eigenvalue weighted by Gasteiger charge is 2.20. The molecule has 1 amide bonds. The largest absolute Gasteiger partial charge is 0.387 e. The Kier molecular flexibility index (Phi) is 5.88. The van der Waals surface area contributed by atoms with Crippen molar-refractivity contribution in [1.29, 1.82) is 5.41 Å². The zero-order valence-electron chi connectivity index (χ0n) is 16.3. The van der Waals surface area contributed by atoms with Crippen molar-refractivity contribution in [3.8, 4) is 0 Å². The lowest BCUT2D eigenvalue weighted by atomic mass is 9.83. The molecule has 1 aromatic carbocycles. The van der Waals surface area contributed by atoms with Crippen molar-refractivity contribution in [1.82, 2.24) is 15.0 Å². The van der Waals surface area contributed by atoms with Crippen molar-refractivity contribution < 1.29 is 9.18 Å². The number of hydrogen-bond acceptors (Lipinski definition) is 6. The number of nitrogens with one attached hydrogen (secondary N) is 3. The van der Waals surface area contributed by atoms with E-state index in [1.807, 2.05) is 0 Å². The van der Waals surface area contributed by atoms with Gasteiger partial charge in [-0.25, -0.2) is 14.4 Å². The Hall–Kier alpha value is -3.33. The van der Waals surface area contributed by atoms with Crippen LogP contribution in [0.15, 0.2) is 30.6 Å². The van der Waals surface area contributed by atoms with Gasteiger partial charge in [-0.1, -0.05) is 6.92 Å². The van der Waals surface area contributed by atoms with E-state index in [-0.39, 0.29) is 17.0 Å². The Balaban J connectivity index is 0.000000343. The second kappa shape index (κ2) is 8.36. The summed E-state index contributed by atoms with van der Waals surface area (Å²) in [7, 11) is 1.64. The fourth-order valence-electron chi connectivity index (χ4n) is 3.24. The summed E-state index contributed by atoms with van der Waals surface area (Å²) in [6.07, 6.45) is 5.34. The molecule has 0 bridgehead atoms. The van der Waals surface area contributed by atoms with Crippen LogP contribution in [0.25, 0.3) is 11.2 Å². The van der Waals surface area contributed by atoms with Gasteiger partial charge in [0.15, 0.2) is 5.65 Å². The zero-order chi connectivity index (χ0) is 21.1. The van der Waals surface area contributed by atoms with E-state index in [1.165, 1.54) is 43.4 Å². The van der Waals surface area contributed by atoms with E-state index in [9.17, 15) is 9.18 Å². The van der Waals surface area contributed by atoms with Crippen molar-refractivity contribution in [2.45, 2.75) is 25.8 Å². The van der Waals surface area contributed by atoms with Gasteiger partial charge in [-0.05, 0) is 37.0 Å². The SMILES string of the molecule is CC1CC(N)C1.CNc1cc(F)ccc1C(=N)c1cnc2[nH]cc(C(N)=O)c2n1. The average molecular weight is 397 g/mol. The summed E-state index contributed by atoms with van der Waals surface area (Å²) in [5.74, 6) is -0.124. The maximum absolute atomic E-state index is 13.3. The minimum absolute atomic E-state index is 0.0559. The van der Waals surface area contributed by atoms with Gasteiger partial charge in [0.2, 0.25) is 0 Å². The van der Waals surface area contributed by atoms with Crippen LogP contribution in [0, 0.1) is 17.1 Å². The van der Waals surface area contributed by atoms with E-state index in [0.29, 0.717) is 28.5 Å². The number of H-pyrrole nitrogens is 1. The average Bonchev–Trinajstić information content (AvgIpc) is 3.10. The molecular weight excluding hydrogens is 373 g/mol. The standard InChI is InChI=1S/C15H13FN6O.C5H11N/c1-19-10-4-7(16)2-3-8(10)12(17)11-6-21-15-13(22-11)9(5-20-15)14(18)23;1-4-2-5(6)3-4/h2-6,17,19H,1H3,(H2,18,23)(H,20,21);4-5H,2-3,6H2,1H3. The summed E-state index contributed by atoms with van der Waals surface area (Å²) >= 11 is 0. The number of halogens is 1. The maximum Gasteiger partial charge on any atom is 0.252 e. The second-order valence-electron chi connectivity index (χ2n) is 7.17. The van der Waals surface area contributed by atoms with Gasteiger partial charge in [-0.3, -0.25) is 10.2 Å². The quantitative estimate of drug-likeness (QED) is 0.429. The van der Waals surface area contributed by atoms with E-state index in [2.05, 4.69) is 27.2 Å². The number of amides is 1. The van der Waals surface area contributed by atoms with Gasteiger partial charge in [0.1, 0.15) is 17.0 Å². The molecule has 3 aromatic rings. The first-order valence-electron chi connectivity index (χ1n) is 9.26. The first kappa shape index (κ1) is 20.4. The fourth-order valence-corrected chi connectivity index (χ4v) is 3.24. The lowest BCUT2D eigenvalue weighted by Gasteiger charge is -2.28. The molecule has 1 saturated carbocycles. The number of nitrogens with two attached hydrogens (primary N) is 2. The molecule has 2 heterocycles. The highest BCUT2D eigenvalue weighted by atomic mass is 19.1. The first-order chi connectivity index (χ1) is 13.8. The number of nitrogens with zero attached hydrogens (tertiary/aromatic N) is 2. The molecule has 1 fully saturated rings. The number of carbonyl (C=O) groups is 1. The van der Waals surface area contributed by atoms with Crippen LogP contribution in [0.2, 0.25) is 0 Å². The smallest absolute Gasteiger partial charge is 0.252 e. The first-order valence-corrected chi connectivity index (χ1v) is 9.26. The summed E-state index contributed by atoms with van der Waals surface area (Å²) in [4.78, 5) is 22.6. The van der Waals surface area contributed by atoms with E-state index in [1.54, 1.807) is 7.05 Å². The van der Waals surface area contributed by atoms with Gasteiger partial charge in [0.25, 0.3) is 5.91 Å². The fraction of sp³-hybridized carbons (Fsp3) is 0.300. The minimum Gasteiger partial charge on any atom is -0.387 e. The number of aromatic nitrogens is 3. The highest BCUT2D eigenvalue weighted by Crippen LogP contribution is 2.23. The summed E-state index contributed by atoms with van der Waals surface area (Å²) in [6, 6.07) is 4.59. The maximum atomic E-state index is 13.3. The molecule has 4 rings (SSSR count). The van der Waals surface area contributed by atoms with E-state index in [0.717, 1.165) is 5.92 Å². The van der Waals surface area contributed by atoms with E-state index in [4.69, 9.17) is 16.9 Å². The minimum atomic E-state index is -0.632. The molecule has 0 atom stereocenters. The summed E-state index contributed by atoms with van der Waals surface area (Å²) in [6.45, 7) is 2.24. The molecule has 0 unspecified atom stereocenters. The Bertz CT molecular complexity index is 1050. The van der Waals surface area contributed by atoms with Crippen LogP contribution in [0.4, 0.5) is 10.1 Å². The number of anilines is 1. The lowest BCUT2D eigenvalue weighted by Crippen LogP contribution is -2.34. The Morgan fingerprint density at radius 1 is 1.34 bits per heavy atom. The normalized spacial score (nSPS) is 17.8. The van der Waals surface area contributed by atoms with Crippen molar-refractivity contribution in [3.05, 3.63) is 53.2 Å². The monoisotopic (exact) mass is 397 g/mol. The van der Waals surface area contributed by atoms with Gasteiger partial charge in [-0.15, -0.1) is 0 Å². The third-order valence-electron chi connectivity index (χ3n) is 4.83. The Morgan fingerprint density at radius 2 is 2.07 bits per heavy atom. The molecule has 0 radical (unpaired) electrons. The van der Waals surface area contributed by atoms with Crippen molar-refractivity contribution in [2.24, 2.45) is 17.4 Å².